The van der Waals surface area contributed by atoms with Gasteiger partial charge in [-0.2, -0.15) is 0 Å². The van der Waals surface area contributed by atoms with Crippen molar-refractivity contribution in [2.24, 2.45) is 0 Å². The van der Waals surface area contributed by atoms with E-state index in [9.17, 15) is 4.79 Å². The average molecular weight is 160 g/mol. The molecule has 1 heterocycles. The van der Waals surface area contributed by atoms with Gasteiger partial charge < -0.3 is 10.4 Å². The van der Waals surface area contributed by atoms with E-state index in [1.807, 2.05) is 0 Å². The van der Waals surface area contributed by atoms with E-state index < -0.39 is 12.0 Å². The fourth-order valence-electron chi connectivity index (χ4n) is 0.777. The smallest absolute Gasteiger partial charge is 0.321 e. The highest BCUT2D eigenvalue weighted by molar-refractivity contribution is 7.80. The van der Waals surface area contributed by atoms with E-state index in [-0.39, 0.29) is 0 Å². The number of carboxylic acid groups (broad SMARTS) is 1. The first-order valence-electron chi connectivity index (χ1n) is 2.93. The molecule has 0 aromatic rings. The highest BCUT2D eigenvalue weighted by Gasteiger charge is 2.21. The molecule has 5 heteroatoms. The molecule has 0 aliphatic carbocycles. The Labute approximate surface area is 63.6 Å². The minimum Gasteiger partial charge on any atom is -0.480 e. The van der Waals surface area contributed by atoms with Crippen molar-refractivity contribution in [3.8, 4) is 0 Å². The molecule has 0 amide bonds. The lowest BCUT2D eigenvalue weighted by Crippen LogP contribution is -2.50. The normalized spacial score (nSPS) is 25.6. The minimum atomic E-state index is -0.844. The molecular weight excluding hydrogens is 152 g/mol. The second kappa shape index (κ2) is 2.94. The lowest BCUT2D eigenvalue weighted by molar-refractivity contribution is -0.139. The summed E-state index contributed by atoms with van der Waals surface area (Å²) in [6.07, 6.45) is 0.394. The van der Waals surface area contributed by atoms with Crippen molar-refractivity contribution in [3.63, 3.8) is 0 Å². The van der Waals surface area contributed by atoms with Gasteiger partial charge >= 0.3 is 5.97 Å². The van der Waals surface area contributed by atoms with Crippen LogP contribution in [-0.4, -0.2) is 28.8 Å². The maximum atomic E-state index is 10.4. The van der Waals surface area contributed by atoms with Crippen LogP contribution >= 0.6 is 12.2 Å². The Balaban J connectivity index is 2.47. The maximum absolute atomic E-state index is 10.4. The van der Waals surface area contributed by atoms with Crippen molar-refractivity contribution in [3.05, 3.63) is 0 Å². The maximum Gasteiger partial charge on any atom is 0.321 e. The average Bonchev–Trinajstić information content (AvgIpc) is 1.88. The SMILES string of the molecule is O=C(O)C1CC(=S)NCN1. The van der Waals surface area contributed by atoms with Crippen molar-refractivity contribution >= 4 is 23.2 Å². The van der Waals surface area contributed by atoms with E-state index in [1.165, 1.54) is 0 Å². The molecule has 1 fully saturated rings. The van der Waals surface area contributed by atoms with Gasteiger partial charge in [0.1, 0.15) is 6.04 Å². The van der Waals surface area contributed by atoms with Gasteiger partial charge in [-0.05, 0) is 0 Å². The number of rotatable bonds is 1. The van der Waals surface area contributed by atoms with Gasteiger partial charge in [-0.25, -0.2) is 0 Å². The predicted octanol–water partition coefficient (Wildman–Crippen LogP) is -0.693. The lowest BCUT2D eigenvalue weighted by Gasteiger charge is -2.21. The van der Waals surface area contributed by atoms with Gasteiger partial charge in [0.15, 0.2) is 0 Å². The summed E-state index contributed by atoms with van der Waals surface area (Å²) in [7, 11) is 0. The Morgan fingerprint density at radius 1 is 1.80 bits per heavy atom. The zero-order chi connectivity index (χ0) is 7.56. The van der Waals surface area contributed by atoms with E-state index in [4.69, 9.17) is 17.3 Å². The zero-order valence-corrected chi connectivity index (χ0v) is 6.07. The van der Waals surface area contributed by atoms with Crippen LogP contribution in [0.3, 0.4) is 0 Å². The third-order valence-corrected chi connectivity index (χ3v) is 1.63. The van der Waals surface area contributed by atoms with Crippen LogP contribution < -0.4 is 10.6 Å². The summed E-state index contributed by atoms with van der Waals surface area (Å²) in [4.78, 5) is 11.0. The van der Waals surface area contributed by atoms with Crippen LogP contribution in [0, 0.1) is 0 Å². The second-order valence-corrected chi connectivity index (χ2v) is 2.57. The molecule has 0 bridgehead atoms. The molecule has 1 unspecified atom stereocenters. The van der Waals surface area contributed by atoms with Gasteiger partial charge in [-0.15, -0.1) is 0 Å². The van der Waals surface area contributed by atoms with E-state index in [1.54, 1.807) is 0 Å². The molecule has 1 saturated heterocycles. The fraction of sp³-hybridized carbons (Fsp3) is 0.600. The van der Waals surface area contributed by atoms with Crippen LogP contribution in [0.25, 0.3) is 0 Å². The highest BCUT2D eigenvalue weighted by atomic mass is 32.1. The quantitative estimate of drug-likeness (QED) is 0.443. The number of carbonyl (C=O) groups is 1. The number of thiocarbonyl (C=S) groups is 1. The van der Waals surface area contributed by atoms with Crippen LogP contribution in [0.15, 0.2) is 0 Å². The molecule has 10 heavy (non-hydrogen) atoms. The van der Waals surface area contributed by atoms with Crippen molar-refractivity contribution in [1.29, 1.82) is 0 Å². The van der Waals surface area contributed by atoms with Crippen LogP contribution in [0.4, 0.5) is 0 Å². The molecule has 0 radical (unpaired) electrons. The Morgan fingerprint density at radius 2 is 2.50 bits per heavy atom. The van der Waals surface area contributed by atoms with Crippen LogP contribution in [0.2, 0.25) is 0 Å². The Morgan fingerprint density at radius 3 is 2.90 bits per heavy atom. The number of hydrogen-bond donors (Lipinski definition) is 3. The van der Waals surface area contributed by atoms with Crippen molar-refractivity contribution in [2.45, 2.75) is 12.5 Å². The number of hydrogen-bond acceptors (Lipinski definition) is 3. The minimum absolute atomic E-state index is 0.394. The molecule has 1 atom stereocenters. The van der Waals surface area contributed by atoms with Crippen LogP contribution in [0.5, 0.6) is 0 Å². The molecule has 56 valence electrons. The van der Waals surface area contributed by atoms with Crippen molar-refractivity contribution in [1.82, 2.24) is 10.6 Å². The Hall–Kier alpha value is -0.680. The fourth-order valence-corrected chi connectivity index (χ4v) is 1.02. The van der Waals surface area contributed by atoms with Gasteiger partial charge in [0.25, 0.3) is 0 Å². The molecule has 0 spiro atoms. The lowest BCUT2D eigenvalue weighted by atomic mass is 10.2. The number of nitrogens with one attached hydrogen (secondary N) is 2. The largest absolute Gasteiger partial charge is 0.480 e. The summed E-state index contributed by atoms with van der Waals surface area (Å²) in [6, 6.07) is -0.506. The molecule has 0 saturated carbocycles. The summed E-state index contributed by atoms with van der Waals surface area (Å²) in [5, 5.41) is 14.1. The molecule has 1 aliphatic rings. The summed E-state index contributed by atoms with van der Waals surface area (Å²) in [5.41, 5.74) is 0. The molecule has 1 aliphatic heterocycles. The van der Waals surface area contributed by atoms with Crippen LogP contribution in [-0.2, 0) is 4.79 Å². The van der Waals surface area contributed by atoms with Gasteiger partial charge in [0.05, 0.1) is 11.7 Å². The van der Waals surface area contributed by atoms with Gasteiger partial charge in [-0.3, -0.25) is 10.1 Å². The molecular formula is C5H8N2O2S. The van der Waals surface area contributed by atoms with Crippen LogP contribution in [0.1, 0.15) is 6.42 Å². The topological polar surface area (TPSA) is 61.4 Å². The first kappa shape index (κ1) is 7.43. The summed E-state index contributed by atoms with van der Waals surface area (Å²) >= 11 is 4.79. The zero-order valence-electron chi connectivity index (χ0n) is 5.26. The molecule has 0 aromatic heterocycles. The predicted molar refractivity (Wildman–Crippen MR) is 39.8 cm³/mol. The second-order valence-electron chi connectivity index (χ2n) is 2.08. The number of aliphatic carboxylic acids is 1. The van der Waals surface area contributed by atoms with E-state index in [0.29, 0.717) is 18.1 Å². The summed E-state index contributed by atoms with van der Waals surface area (Å²) in [6.45, 7) is 0.454. The first-order chi connectivity index (χ1) is 4.70. The third-order valence-electron chi connectivity index (χ3n) is 1.32. The van der Waals surface area contributed by atoms with Gasteiger partial charge in [-0.1, -0.05) is 12.2 Å². The van der Waals surface area contributed by atoms with Gasteiger partial charge in [0, 0.05) is 6.42 Å². The van der Waals surface area contributed by atoms with E-state index >= 15 is 0 Å². The van der Waals surface area contributed by atoms with E-state index in [0.717, 1.165) is 0 Å². The Bertz CT molecular complexity index is 169. The molecule has 4 nitrogen and oxygen atoms in total. The highest BCUT2D eigenvalue weighted by Crippen LogP contribution is 1.97. The monoisotopic (exact) mass is 160 g/mol. The van der Waals surface area contributed by atoms with Crippen molar-refractivity contribution in [2.75, 3.05) is 6.67 Å². The molecule has 1 rings (SSSR count). The first-order valence-corrected chi connectivity index (χ1v) is 3.34. The summed E-state index contributed by atoms with van der Waals surface area (Å²) < 4.78 is 0. The third kappa shape index (κ3) is 1.65. The summed E-state index contributed by atoms with van der Waals surface area (Å²) in [5.74, 6) is -0.844. The van der Waals surface area contributed by atoms with Gasteiger partial charge in [0.2, 0.25) is 0 Å². The number of carboxylic acids is 1. The van der Waals surface area contributed by atoms with Crippen molar-refractivity contribution < 1.29 is 9.90 Å². The molecule has 3 N–H and O–H groups in total. The standard InChI is InChI=1S/C5H8N2O2S/c8-5(9)3-1-4(10)7-2-6-3/h3,6H,1-2H2,(H,7,10)(H,8,9). The molecule has 0 aromatic carbocycles. The van der Waals surface area contributed by atoms with E-state index in [2.05, 4.69) is 10.6 Å². The Kier molecular flexibility index (Phi) is 2.18.